The second kappa shape index (κ2) is 14.2. The van der Waals surface area contributed by atoms with E-state index in [1.807, 2.05) is 13.8 Å². The number of fused-ring (bicyclic) bond motifs is 5. The normalized spacial score (nSPS) is 19.1. The van der Waals surface area contributed by atoms with Gasteiger partial charge in [-0.2, -0.15) is 0 Å². The number of pyridine rings is 2. The number of halogens is 1. The number of nitrogens with one attached hydrogen (secondary N) is 3. The number of ether oxygens (including phenoxy) is 2. The molecule has 288 valence electrons. The molecule has 7 rings (SSSR count). The van der Waals surface area contributed by atoms with E-state index in [4.69, 9.17) is 20.2 Å². The van der Waals surface area contributed by atoms with E-state index in [1.54, 1.807) is 51.1 Å². The molecule has 2 aliphatic heterocycles. The molecule has 3 aliphatic rings. The van der Waals surface area contributed by atoms with Crippen molar-refractivity contribution >= 4 is 40.5 Å². The SMILES string of the molecule is CC[C@@]1(O)C(=O)OCc2c1cc1n(c2=O)Cc2c-1nc1cc(F)c(C)c3c1c2[C@@H](NC(=O)OCc1ccc(NC(=O)[C@H](C)NC(=O)[C@@H](N)C(C)C)cc1)CC3. The number of benzene rings is 2. The summed E-state index contributed by atoms with van der Waals surface area (Å²) in [6, 6.07) is 7.52. The number of anilines is 1. The summed E-state index contributed by atoms with van der Waals surface area (Å²) in [5.41, 5.74) is 8.70. The molecule has 15 heteroatoms. The number of amides is 3. The molecule has 4 aromatic rings. The van der Waals surface area contributed by atoms with E-state index in [2.05, 4.69) is 16.0 Å². The summed E-state index contributed by atoms with van der Waals surface area (Å²) >= 11 is 0. The van der Waals surface area contributed by atoms with Crippen LogP contribution in [0.1, 0.15) is 85.5 Å². The van der Waals surface area contributed by atoms with Gasteiger partial charge in [-0.3, -0.25) is 14.4 Å². The number of aliphatic hydroxyl groups is 1. The van der Waals surface area contributed by atoms with Gasteiger partial charge in [0.1, 0.15) is 25.1 Å². The van der Waals surface area contributed by atoms with Gasteiger partial charge in [0.2, 0.25) is 11.8 Å². The maximum absolute atomic E-state index is 15.3. The zero-order chi connectivity index (χ0) is 39.5. The third-order valence-electron chi connectivity index (χ3n) is 11.0. The Morgan fingerprint density at radius 2 is 1.84 bits per heavy atom. The third-order valence-corrected chi connectivity index (χ3v) is 11.0. The summed E-state index contributed by atoms with van der Waals surface area (Å²) in [5, 5.41) is 20.3. The molecule has 6 N–H and O–H groups in total. The predicted molar refractivity (Wildman–Crippen MR) is 199 cm³/mol. The number of esters is 1. The summed E-state index contributed by atoms with van der Waals surface area (Å²) in [5.74, 6) is -2.18. The highest BCUT2D eigenvalue weighted by Gasteiger charge is 2.46. The van der Waals surface area contributed by atoms with Crippen LogP contribution in [-0.4, -0.2) is 50.6 Å². The van der Waals surface area contributed by atoms with Crippen LogP contribution in [-0.2, 0) is 55.6 Å². The van der Waals surface area contributed by atoms with E-state index >= 15 is 4.39 Å². The number of carbonyl (C=O) groups is 4. The number of hydrogen-bond acceptors (Lipinski definition) is 10. The number of rotatable bonds is 9. The monoisotopic (exact) mass is 754 g/mol. The zero-order valence-corrected chi connectivity index (χ0v) is 31.2. The Kier molecular flexibility index (Phi) is 9.71. The predicted octanol–water partition coefficient (Wildman–Crippen LogP) is 3.87. The second-order valence-electron chi connectivity index (χ2n) is 14.8. The van der Waals surface area contributed by atoms with Crippen molar-refractivity contribution in [3.63, 3.8) is 0 Å². The number of hydrogen-bond donors (Lipinski definition) is 5. The lowest BCUT2D eigenvalue weighted by atomic mass is 9.81. The van der Waals surface area contributed by atoms with Crippen molar-refractivity contribution in [2.75, 3.05) is 5.32 Å². The van der Waals surface area contributed by atoms with Crippen LogP contribution in [0.15, 0.2) is 41.2 Å². The minimum atomic E-state index is -2.01. The Morgan fingerprint density at radius 3 is 2.53 bits per heavy atom. The molecule has 0 bridgehead atoms. The van der Waals surface area contributed by atoms with Gasteiger partial charge in [0.15, 0.2) is 5.60 Å². The Labute approximate surface area is 315 Å². The van der Waals surface area contributed by atoms with Gasteiger partial charge < -0.3 is 40.8 Å². The maximum atomic E-state index is 15.3. The second-order valence-corrected chi connectivity index (χ2v) is 14.8. The first-order valence-corrected chi connectivity index (χ1v) is 18.3. The van der Waals surface area contributed by atoms with E-state index in [1.165, 1.54) is 10.6 Å². The van der Waals surface area contributed by atoms with Gasteiger partial charge in [0.25, 0.3) is 5.56 Å². The third kappa shape index (κ3) is 6.50. The number of cyclic esters (lactones) is 1. The smallest absolute Gasteiger partial charge is 0.407 e. The Hall–Kier alpha value is -5.67. The first-order chi connectivity index (χ1) is 26.1. The molecule has 4 atom stereocenters. The lowest BCUT2D eigenvalue weighted by molar-refractivity contribution is -0.172. The molecular formula is C40H43FN6O8. The number of aromatic nitrogens is 2. The maximum Gasteiger partial charge on any atom is 0.407 e. The summed E-state index contributed by atoms with van der Waals surface area (Å²) in [4.78, 5) is 69.6. The number of nitrogens with two attached hydrogens (primary N) is 1. The highest BCUT2D eigenvalue weighted by atomic mass is 19.1. The van der Waals surface area contributed by atoms with Crippen molar-refractivity contribution < 1.29 is 38.1 Å². The zero-order valence-electron chi connectivity index (χ0n) is 31.2. The van der Waals surface area contributed by atoms with E-state index in [9.17, 15) is 29.1 Å². The average molecular weight is 755 g/mol. The topological polar surface area (TPSA) is 204 Å². The van der Waals surface area contributed by atoms with Crippen LogP contribution in [0.5, 0.6) is 0 Å². The minimum absolute atomic E-state index is 0.0115. The van der Waals surface area contributed by atoms with Crippen LogP contribution in [0.25, 0.3) is 22.3 Å². The highest BCUT2D eigenvalue weighted by Crippen LogP contribution is 2.46. The van der Waals surface area contributed by atoms with Crippen molar-refractivity contribution in [1.82, 2.24) is 20.2 Å². The first-order valence-electron chi connectivity index (χ1n) is 18.3. The molecule has 14 nitrogen and oxygen atoms in total. The lowest BCUT2D eigenvalue weighted by Crippen LogP contribution is -2.50. The van der Waals surface area contributed by atoms with Gasteiger partial charge in [0, 0.05) is 28.3 Å². The molecule has 0 fully saturated rings. The molecule has 4 heterocycles. The standard InChI is InChI=1S/C40H43FN6O8/c1-6-40(53)26-13-30-34-24(15-47(30)37(50)25(26)17-54-38(40)51)32-28(12-11-23-19(4)27(41)14-29(45-34)31(23)32)46-39(52)55-16-21-7-9-22(10-8-21)44-35(48)20(5)43-36(49)33(42)18(2)3/h7-10,13-14,18,20,28,33,53H,6,11-12,15-17,42H2,1-5H3,(H,43,49)(H,44,48)(H,46,52)/t20-,28-,33-,40-/m0/s1. The molecule has 2 aromatic heterocycles. The van der Waals surface area contributed by atoms with Gasteiger partial charge in [-0.15, -0.1) is 0 Å². The van der Waals surface area contributed by atoms with Crippen molar-refractivity contribution in [1.29, 1.82) is 0 Å². The molecular weight excluding hydrogens is 711 g/mol. The lowest BCUT2D eigenvalue weighted by Gasteiger charge is -2.31. The Bertz CT molecular complexity index is 2340. The van der Waals surface area contributed by atoms with Crippen LogP contribution in [0.4, 0.5) is 14.9 Å². The van der Waals surface area contributed by atoms with Crippen LogP contribution in [0.3, 0.4) is 0 Å². The van der Waals surface area contributed by atoms with Crippen LogP contribution in [0.2, 0.25) is 0 Å². The molecule has 0 radical (unpaired) electrons. The van der Waals surface area contributed by atoms with Gasteiger partial charge >= 0.3 is 12.1 Å². The molecule has 0 unspecified atom stereocenters. The van der Waals surface area contributed by atoms with Crippen molar-refractivity contribution in [3.8, 4) is 11.4 Å². The Morgan fingerprint density at radius 1 is 1.11 bits per heavy atom. The fourth-order valence-corrected chi connectivity index (χ4v) is 7.64. The molecule has 0 spiro atoms. The fraction of sp³-hybridized carbons (Fsp3) is 0.400. The van der Waals surface area contributed by atoms with E-state index in [0.29, 0.717) is 63.1 Å². The molecule has 0 saturated heterocycles. The summed E-state index contributed by atoms with van der Waals surface area (Å²) in [6.07, 6.45) is 0.179. The largest absolute Gasteiger partial charge is 0.458 e. The van der Waals surface area contributed by atoms with Crippen LogP contribution < -0.4 is 27.2 Å². The molecule has 55 heavy (non-hydrogen) atoms. The summed E-state index contributed by atoms with van der Waals surface area (Å²) < 4.78 is 27.6. The van der Waals surface area contributed by atoms with Crippen LogP contribution >= 0.6 is 0 Å². The van der Waals surface area contributed by atoms with Gasteiger partial charge in [-0.25, -0.2) is 19.0 Å². The quantitative estimate of drug-likeness (QED) is 0.138. The highest BCUT2D eigenvalue weighted by molar-refractivity contribution is 5.97. The van der Waals surface area contributed by atoms with Crippen molar-refractivity contribution in [3.05, 3.63) is 91.5 Å². The number of nitrogens with zero attached hydrogens (tertiary/aromatic N) is 2. The van der Waals surface area contributed by atoms with Crippen molar-refractivity contribution in [2.45, 2.75) is 97.4 Å². The number of aryl methyl sites for hydroxylation is 1. The Balaban J connectivity index is 1.11. The van der Waals surface area contributed by atoms with Gasteiger partial charge in [0.05, 0.1) is 41.1 Å². The molecule has 2 aromatic carbocycles. The van der Waals surface area contributed by atoms with Gasteiger partial charge in [-0.05, 0) is 79.5 Å². The minimum Gasteiger partial charge on any atom is -0.458 e. The molecule has 0 saturated carbocycles. The van der Waals surface area contributed by atoms with Crippen molar-refractivity contribution in [2.24, 2.45) is 11.7 Å². The molecule has 3 amide bonds. The fourth-order valence-electron chi connectivity index (χ4n) is 7.64. The number of carbonyl (C=O) groups excluding carboxylic acids is 4. The molecule has 1 aliphatic carbocycles. The van der Waals surface area contributed by atoms with E-state index in [0.717, 1.165) is 5.56 Å². The van der Waals surface area contributed by atoms with E-state index in [-0.39, 0.29) is 43.2 Å². The van der Waals surface area contributed by atoms with E-state index < -0.39 is 59.0 Å². The average Bonchev–Trinajstić information content (AvgIpc) is 3.53. The first kappa shape index (κ1) is 37.6. The number of alkyl carbamates (subject to hydrolysis) is 1. The summed E-state index contributed by atoms with van der Waals surface area (Å²) in [7, 11) is 0. The van der Waals surface area contributed by atoms with Gasteiger partial charge in [-0.1, -0.05) is 32.9 Å². The summed E-state index contributed by atoms with van der Waals surface area (Å²) in [6.45, 7) is 8.28. The van der Waals surface area contributed by atoms with Crippen LogP contribution in [0, 0.1) is 18.7 Å².